The van der Waals surface area contributed by atoms with E-state index in [1.165, 1.54) is 18.5 Å². The van der Waals surface area contributed by atoms with Crippen LogP contribution in [0.25, 0.3) is 0 Å². The van der Waals surface area contributed by atoms with E-state index < -0.39 is 0 Å². The predicted octanol–water partition coefficient (Wildman–Crippen LogP) is 2.51. The normalized spacial score (nSPS) is 24.0. The fraction of sp³-hybridized carbons (Fsp3) is 0.750. The van der Waals surface area contributed by atoms with Crippen LogP contribution in [0.3, 0.4) is 0 Å². The van der Waals surface area contributed by atoms with Crippen molar-refractivity contribution in [3.05, 3.63) is 16.1 Å². The van der Waals surface area contributed by atoms with Crippen molar-refractivity contribution in [1.82, 2.24) is 15.6 Å². The Morgan fingerprint density at radius 3 is 2.70 bits per heavy atom. The van der Waals surface area contributed by atoms with Crippen LogP contribution >= 0.6 is 11.3 Å². The van der Waals surface area contributed by atoms with Crippen molar-refractivity contribution in [2.45, 2.75) is 62.8 Å². The van der Waals surface area contributed by atoms with Gasteiger partial charge in [0.2, 0.25) is 0 Å². The highest BCUT2D eigenvalue weighted by atomic mass is 32.1. The molecule has 2 aliphatic carbocycles. The first-order valence-electron chi connectivity index (χ1n) is 8.49. The molecule has 3 fully saturated rings. The van der Waals surface area contributed by atoms with Gasteiger partial charge in [0, 0.05) is 30.2 Å². The molecule has 1 aromatic heterocycles. The molecule has 3 aliphatic rings. The van der Waals surface area contributed by atoms with E-state index >= 15 is 0 Å². The van der Waals surface area contributed by atoms with Gasteiger partial charge in [0.25, 0.3) is 0 Å². The van der Waals surface area contributed by atoms with Gasteiger partial charge in [-0.15, -0.1) is 11.3 Å². The Kier molecular flexibility index (Phi) is 4.26. The first kappa shape index (κ1) is 15.4. The number of nitrogens with zero attached hydrogens (tertiary/aromatic N) is 1. The van der Waals surface area contributed by atoms with Crippen LogP contribution in [0.5, 0.6) is 0 Å². The summed E-state index contributed by atoms with van der Waals surface area (Å²) in [5.74, 6) is 0.304. The minimum absolute atomic E-state index is 0.109. The molecule has 2 N–H and O–H groups in total. The fourth-order valence-corrected chi connectivity index (χ4v) is 4.17. The summed E-state index contributed by atoms with van der Waals surface area (Å²) in [4.78, 5) is 16.6. The largest absolute Gasteiger partial charge is 0.348 e. The maximum Gasteiger partial charge on any atom is 0.315 e. The molecule has 2 heterocycles. The number of hydrogen-bond donors (Lipinski definition) is 2. The molecular formula is C16H23N3O3S. The molecule has 1 aromatic rings. The number of ether oxygens (including phenoxy) is 2. The van der Waals surface area contributed by atoms with E-state index in [2.05, 4.69) is 21.0 Å². The van der Waals surface area contributed by atoms with Crippen LogP contribution in [-0.2, 0) is 16.0 Å². The minimum Gasteiger partial charge on any atom is -0.348 e. The molecule has 2 amide bonds. The van der Waals surface area contributed by atoms with Gasteiger partial charge in [-0.3, -0.25) is 0 Å². The summed E-state index contributed by atoms with van der Waals surface area (Å²) in [6.07, 6.45) is 6.03. The van der Waals surface area contributed by atoms with E-state index in [0.717, 1.165) is 30.7 Å². The second-order valence-electron chi connectivity index (χ2n) is 6.65. The monoisotopic (exact) mass is 337 g/mol. The molecule has 1 saturated heterocycles. The van der Waals surface area contributed by atoms with Crippen LogP contribution in [0.2, 0.25) is 0 Å². The number of hydrogen-bond acceptors (Lipinski definition) is 5. The highest BCUT2D eigenvalue weighted by Crippen LogP contribution is 2.40. The summed E-state index contributed by atoms with van der Waals surface area (Å²) < 4.78 is 11.4. The molecule has 4 rings (SSSR count). The van der Waals surface area contributed by atoms with Gasteiger partial charge in [-0.1, -0.05) is 0 Å². The Bertz CT molecular complexity index is 557. The molecule has 126 valence electrons. The first-order valence-corrected chi connectivity index (χ1v) is 9.37. The molecule has 0 atom stereocenters. The average molecular weight is 337 g/mol. The van der Waals surface area contributed by atoms with Crippen LogP contribution < -0.4 is 10.6 Å². The second kappa shape index (κ2) is 6.37. The van der Waals surface area contributed by atoms with Gasteiger partial charge in [-0.2, -0.15) is 0 Å². The Labute approximate surface area is 140 Å². The SMILES string of the molecule is O=C(NCc1nc(C2CC2)cs1)NC1CCC2(CC1)OCCO2. The number of urea groups is 1. The molecule has 6 nitrogen and oxygen atoms in total. The van der Waals surface area contributed by atoms with Gasteiger partial charge in [0.1, 0.15) is 5.01 Å². The summed E-state index contributed by atoms with van der Waals surface area (Å²) >= 11 is 1.63. The lowest BCUT2D eigenvalue weighted by Gasteiger charge is -2.35. The number of rotatable bonds is 4. The molecule has 1 aliphatic heterocycles. The third-order valence-electron chi connectivity index (χ3n) is 4.86. The number of thiazole rings is 1. The van der Waals surface area contributed by atoms with Crippen LogP contribution in [0, 0.1) is 0 Å². The zero-order chi connectivity index (χ0) is 15.7. The van der Waals surface area contributed by atoms with Crippen LogP contribution in [0.4, 0.5) is 4.79 Å². The van der Waals surface area contributed by atoms with Crippen molar-refractivity contribution < 1.29 is 14.3 Å². The maximum atomic E-state index is 12.0. The summed E-state index contributed by atoms with van der Waals surface area (Å²) in [5, 5.41) is 9.07. The van der Waals surface area contributed by atoms with Crippen LogP contribution in [-0.4, -0.2) is 36.1 Å². The lowest BCUT2D eigenvalue weighted by Crippen LogP contribution is -2.47. The summed E-state index contributed by atoms with van der Waals surface area (Å²) in [5.41, 5.74) is 1.20. The third kappa shape index (κ3) is 3.67. The van der Waals surface area contributed by atoms with Gasteiger partial charge in [-0.25, -0.2) is 9.78 Å². The predicted molar refractivity (Wildman–Crippen MR) is 86.4 cm³/mol. The molecule has 0 bridgehead atoms. The Morgan fingerprint density at radius 1 is 1.26 bits per heavy atom. The van der Waals surface area contributed by atoms with Gasteiger partial charge < -0.3 is 20.1 Å². The second-order valence-corrected chi connectivity index (χ2v) is 7.59. The van der Waals surface area contributed by atoms with Crippen molar-refractivity contribution in [2.24, 2.45) is 0 Å². The van der Waals surface area contributed by atoms with Gasteiger partial charge in [0.05, 0.1) is 25.5 Å². The van der Waals surface area contributed by atoms with Crippen molar-refractivity contribution >= 4 is 17.4 Å². The van der Waals surface area contributed by atoms with E-state index in [0.29, 0.717) is 25.7 Å². The molecule has 0 aromatic carbocycles. The fourth-order valence-electron chi connectivity index (χ4n) is 3.35. The molecule has 1 spiro atoms. The van der Waals surface area contributed by atoms with Crippen molar-refractivity contribution in [1.29, 1.82) is 0 Å². The highest BCUT2D eigenvalue weighted by molar-refractivity contribution is 7.09. The molecule has 0 radical (unpaired) electrons. The lowest BCUT2D eigenvalue weighted by atomic mass is 9.90. The number of carbonyl (C=O) groups is 1. The highest BCUT2D eigenvalue weighted by Gasteiger charge is 2.40. The summed E-state index contributed by atoms with van der Waals surface area (Å²) in [7, 11) is 0. The van der Waals surface area contributed by atoms with E-state index in [1.54, 1.807) is 11.3 Å². The average Bonchev–Trinajstić information content (AvgIpc) is 3.13. The summed E-state index contributed by atoms with van der Waals surface area (Å²) in [6, 6.07) is 0.0918. The molecule has 0 unspecified atom stereocenters. The zero-order valence-electron chi connectivity index (χ0n) is 13.2. The van der Waals surface area contributed by atoms with Gasteiger partial charge in [-0.05, 0) is 25.7 Å². The molecule has 23 heavy (non-hydrogen) atoms. The van der Waals surface area contributed by atoms with Crippen LogP contribution in [0.1, 0.15) is 55.1 Å². The lowest BCUT2D eigenvalue weighted by molar-refractivity contribution is -0.179. The van der Waals surface area contributed by atoms with Crippen LogP contribution in [0.15, 0.2) is 5.38 Å². The summed E-state index contributed by atoms with van der Waals surface area (Å²) in [6.45, 7) is 1.89. The number of carbonyl (C=O) groups excluding carboxylic acids is 1. The zero-order valence-corrected chi connectivity index (χ0v) is 14.0. The maximum absolute atomic E-state index is 12.0. The number of amides is 2. The minimum atomic E-state index is -0.366. The van der Waals surface area contributed by atoms with Gasteiger partial charge >= 0.3 is 6.03 Å². The smallest absolute Gasteiger partial charge is 0.315 e. The molecule has 7 heteroatoms. The van der Waals surface area contributed by atoms with Crippen molar-refractivity contribution in [3.63, 3.8) is 0 Å². The Balaban J connectivity index is 1.19. The van der Waals surface area contributed by atoms with E-state index in [4.69, 9.17) is 9.47 Å². The Hall–Kier alpha value is -1.18. The van der Waals surface area contributed by atoms with E-state index in [1.807, 2.05) is 0 Å². The standard InChI is InChI=1S/C16H23N3O3S/c20-15(17-9-14-19-13(10-23-14)11-1-2-11)18-12-3-5-16(6-4-12)21-7-8-22-16/h10-12H,1-9H2,(H2,17,18,20). The molecule has 2 saturated carbocycles. The van der Waals surface area contributed by atoms with E-state index in [9.17, 15) is 4.79 Å². The topological polar surface area (TPSA) is 72.5 Å². The number of aromatic nitrogens is 1. The first-order chi connectivity index (χ1) is 11.2. The van der Waals surface area contributed by atoms with Crippen molar-refractivity contribution in [3.8, 4) is 0 Å². The quantitative estimate of drug-likeness (QED) is 0.885. The van der Waals surface area contributed by atoms with E-state index in [-0.39, 0.29) is 17.9 Å². The molecular weight excluding hydrogens is 314 g/mol. The number of nitrogens with one attached hydrogen (secondary N) is 2. The van der Waals surface area contributed by atoms with Gasteiger partial charge in [0.15, 0.2) is 5.79 Å². The Morgan fingerprint density at radius 2 is 2.00 bits per heavy atom. The third-order valence-corrected chi connectivity index (χ3v) is 5.73. The van der Waals surface area contributed by atoms with Crippen molar-refractivity contribution in [2.75, 3.05) is 13.2 Å².